The van der Waals surface area contributed by atoms with Gasteiger partial charge in [-0.05, 0) is 68.4 Å². The molecule has 1 unspecified atom stereocenters. The molecule has 1 aliphatic rings. The molecule has 26 heavy (non-hydrogen) atoms. The number of hydrogen-bond donors (Lipinski definition) is 2. The van der Waals surface area contributed by atoms with Gasteiger partial charge in [-0.25, -0.2) is 0 Å². The minimum atomic E-state index is 0.334. The number of benzene rings is 1. The molecule has 2 N–H and O–H groups in total. The number of nitrogens with zero attached hydrogens (tertiary/aromatic N) is 1. The van der Waals surface area contributed by atoms with Crippen molar-refractivity contribution in [3.8, 4) is 0 Å². The number of allylic oxidation sites excluding steroid dienone is 1. The summed E-state index contributed by atoms with van der Waals surface area (Å²) in [5, 5.41) is 6.59. The van der Waals surface area contributed by atoms with Crippen LogP contribution in [0, 0.1) is 0 Å². The molecular weight excluding hydrogens is 318 g/mol. The Hall–Kier alpha value is -1.84. The van der Waals surface area contributed by atoms with Crippen LogP contribution in [0.15, 0.2) is 49.7 Å². The maximum Gasteiger partial charge on any atom is 0.0279 e. The number of piperidine rings is 1. The molecular formula is C23H35N3. The molecule has 3 nitrogen and oxygen atoms in total. The van der Waals surface area contributed by atoms with Gasteiger partial charge >= 0.3 is 0 Å². The SMILES string of the molecule is C=Cc1ccc(C2CCNCC2)cc1CN(C)C(C=C)CCC(=C)NC. The predicted molar refractivity (Wildman–Crippen MR) is 114 cm³/mol. The highest BCUT2D eigenvalue weighted by Gasteiger charge is 2.18. The van der Waals surface area contributed by atoms with Crippen LogP contribution in [-0.4, -0.2) is 38.1 Å². The fourth-order valence-corrected chi connectivity index (χ4v) is 3.72. The van der Waals surface area contributed by atoms with E-state index in [9.17, 15) is 0 Å². The van der Waals surface area contributed by atoms with E-state index >= 15 is 0 Å². The second-order valence-corrected chi connectivity index (χ2v) is 7.30. The van der Waals surface area contributed by atoms with Crippen molar-refractivity contribution in [1.29, 1.82) is 0 Å². The third-order valence-corrected chi connectivity index (χ3v) is 5.55. The van der Waals surface area contributed by atoms with Crippen LogP contribution in [0.2, 0.25) is 0 Å². The normalized spacial score (nSPS) is 16.3. The third kappa shape index (κ3) is 5.58. The van der Waals surface area contributed by atoms with E-state index in [-0.39, 0.29) is 0 Å². The molecule has 0 amide bonds. The first-order chi connectivity index (χ1) is 12.6. The van der Waals surface area contributed by atoms with Crippen LogP contribution >= 0.6 is 0 Å². The number of nitrogens with one attached hydrogen (secondary N) is 2. The van der Waals surface area contributed by atoms with Crippen molar-refractivity contribution in [2.75, 3.05) is 27.2 Å². The summed E-state index contributed by atoms with van der Waals surface area (Å²) in [6.07, 6.45) is 8.46. The van der Waals surface area contributed by atoms with Gasteiger partial charge in [0.1, 0.15) is 0 Å². The summed E-state index contributed by atoms with van der Waals surface area (Å²) in [6.45, 7) is 15.2. The van der Waals surface area contributed by atoms with Crippen molar-refractivity contribution in [3.05, 3.63) is 66.4 Å². The van der Waals surface area contributed by atoms with Crippen LogP contribution in [0.4, 0.5) is 0 Å². The van der Waals surface area contributed by atoms with E-state index in [1.807, 2.05) is 19.2 Å². The Kier molecular flexibility index (Phi) is 8.14. The highest BCUT2D eigenvalue weighted by molar-refractivity contribution is 5.53. The minimum absolute atomic E-state index is 0.334. The lowest BCUT2D eigenvalue weighted by Crippen LogP contribution is -2.30. The second kappa shape index (κ2) is 10.3. The molecule has 1 saturated heterocycles. The Labute approximate surface area is 159 Å². The van der Waals surface area contributed by atoms with Crippen LogP contribution in [0.1, 0.15) is 48.3 Å². The van der Waals surface area contributed by atoms with E-state index in [1.54, 1.807) is 0 Å². The van der Waals surface area contributed by atoms with Crippen LogP contribution in [-0.2, 0) is 6.54 Å². The molecule has 1 heterocycles. The summed E-state index contributed by atoms with van der Waals surface area (Å²) in [6, 6.07) is 7.26. The summed E-state index contributed by atoms with van der Waals surface area (Å²) < 4.78 is 0. The molecule has 1 aromatic rings. The third-order valence-electron chi connectivity index (χ3n) is 5.55. The fourth-order valence-electron chi connectivity index (χ4n) is 3.72. The van der Waals surface area contributed by atoms with E-state index in [0.717, 1.165) is 38.2 Å². The van der Waals surface area contributed by atoms with Crippen LogP contribution < -0.4 is 10.6 Å². The molecule has 0 saturated carbocycles. The molecule has 1 aromatic carbocycles. The van der Waals surface area contributed by atoms with Gasteiger partial charge in [-0.1, -0.05) is 43.5 Å². The van der Waals surface area contributed by atoms with Crippen molar-refractivity contribution in [1.82, 2.24) is 15.5 Å². The predicted octanol–water partition coefficient (Wildman–Crippen LogP) is 4.30. The van der Waals surface area contributed by atoms with E-state index in [4.69, 9.17) is 0 Å². The Morgan fingerprint density at radius 1 is 1.35 bits per heavy atom. The van der Waals surface area contributed by atoms with Gasteiger partial charge in [0.2, 0.25) is 0 Å². The number of likely N-dealkylation sites (N-methyl/N-ethyl adjacent to an activating group) is 1. The fraction of sp³-hybridized carbons (Fsp3) is 0.478. The first kappa shape index (κ1) is 20.5. The van der Waals surface area contributed by atoms with Gasteiger partial charge in [0.15, 0.2) is 0 Å². The Bertz CT molecular complexity index is 614. The smallest absolute Gasteiger partial charge is 0.0279 e. The zero-order valence-corrected chi connectivity index (χ0v) is 16.6. The van der Waals surface area contributed by atoms with Gasteiger partial charge in [-0.2, -0.15) is 0 Å². The van der Waals surface area contributed by atoms with Crippen molar-refractivity contribution < 1.29 is 0 Å². The number of hydrogen-bond acceptors (Lipinski definition) is 3. The van der Waals surface area contributed by atoms with Gasteiger partial charge in [0, 0.05) is 25.3 Å². The summed E-state index contributed by atoms with van der Waals surface area (Å²) in [5.74, 6) is 0.674. The highest BCUT2D eigenvalue weighted by atomic mass is 15.1. The van der Waals surface area contributed by atoms with Crippen molar-refractivity contribution in [3.63, 3.8) is 0 Å². The first-order valence-corrected chi connectivity index (χ1v) is 9.73. The number of rotatable bonds is 10. The Balaban J connectivity index is 2.10. The van der Waals surface area contributed by atoms with Gasteiger partial charge in [0.25, 0.3) is 0 Å². The van der Waals surface area contributed by atoms with Crippen molar-refractivity contribution in [2.24, 2.45) is 0 Å². The first-order valence-electron chi connectivity index (χ1n) is 9.73. The molecule has 0 aliphatic carbocycles. The van der Waals surface area contributed by atoms with E-state index in [1.165, 1.54) is 29.5 Å². The maximum absolute atomic E-state index is 4.04. The quantitative estimate of drug-likeness (QED) is 0.614. The second-order valence-electron chi connectivity index (χ2n) is 7.30. The molecule has 0 bridgehead atoms. The minimum Gasteiger partial charge on any atom is -0.392 e. The van der Waals surface area contributed by atoms with Crippen LogP contribution in [0.25, 0.3) is 6.08 Å². The topological polar surface area (TPSA) is 27.3 Å². The zero-order chi connectivity index (χ0) is 18.9. The Morgan fingerprint density at radius 2 is 2.08 bits per heavy atom. The van der Waals surface area contributed by atoms with Crippen molar-refractivity contribution >= 4 is 6.08 Å². The molecule has 1 atom stereocenters. The standard InChI is InChI=1S/C23H35N3/c1-6-19-9-10-21(20-12-14-25-15-13-20)16-22(19)17-26(5)23(7-2)11-8-18(3)24-4/h6-7,9-10,16,20,23-25H,1-3,8,11-15,17H2,4-5H3. The monoisotopic (exact) mass is 353 g/mol. The molecule has 2 rings (SSSR count). The van der Waals surface area contributed by atoms with E-state index in [0.29, 0.717) is 12.0 Å². The summed E-state index contributed by atoms with van der Waals surface area (Å²) in [5.41, 5.74) is 5.14. The van der Waals surface area contributed by atoms with Gasteiger partial charge in [-0.3, -0.25) is 4.90 Å². The van der Waals surface area contributed by atoms with Crippen molar-refractivity contribution in [2.45, 2.75) is 44.2 Å². The Morgan fingerprint density at radius 3 is 2.69 bits per heavy atom. The molecule has 0 spiro atoms. The highest BCUT2D eigenvalue weighted by Crippen LogP contribution is 2.28. The van der Waals surface area contributed by atoms with E-state index < -0.39 is 0 Å². The molecule has 1 fully saturated rings. The average Bonchev–Trinajstić information content (AvgIpc) is 2.68. The maximum atomic E-state index is 4.04. The zero-order valence-electron chi connectivity index (χ0n) is 16.6. The van der Waals surface area contributed by atoms with Gasteiger partial charge in [0.05, 0.1) is 0 Å². The van der Waals surface area contributed by atoms with Gasteiger partial charge in [-0.15, -0.1) is 6.58 Å². The van der Waals surface area contributed by atoms with E-state index in [2.05, 4.69) is 60.5 Å². The summed E-state index contributed by atoms with van der Waals surface area (Å²) >= 11 is 0. The molecule has 1 aliphatic heterocycles. The van der Waals surface area contributed by atoms with Crippen LogP contribution in [0.3, 0.4) is 0 Å². The summed E-state index contributed by atoms with van der Waals surface area (Å²) in [4.78, 5) is 2.38. The van der Waals surface area contributed by atoms with Gasteiger partial charge < -0.3 is 10.6 Å². The largest absolute Gasteiger partial charge is 0.392 e. The molecule has 142 valence electrons. The molecule has 0 aromatic heterocycles. The lowest BCUT2D eigenvalue weighted by Gasteiger charge is -2.28. The van der Waals surface area contributed by atoms with Crippen LogP contribution in [0.5, 0.6) is 0 Å². The lowest BCUT2D eigenvalue weighted by atomic mass is 9.88. The molecule has 3 heteroatoms. The average molecular weight is 354 g/mol. The lowest BCUT2D eigenvalue weighted by molar-refractivity contribution is 0.261. The summed E-state index contributed by atoms with van der Waals surface area (Å²) in [7, 11) is 4.11. The molecule has 0 radical (unpaired) electrons.